The van der Waals surface area contributed by atoms with Gasteiger partial charge in [-0.2, -0.15) is 0 Å². The van der Waals surface area contributed by atoms with E-state index in [-0.39, 0.29) is 6.42 Å². The maximum absolute atomic E-state index is 9.08. The van der Waals surface area contributed by atoms with Crippen LogP contribution in [0.2, 0.25) is 0 Å². The molecule has 6 nitrogen and oxygen atoms in total. The summed E-state index contributed by atoms with van der Waals surface area (Å²) < 4.78 is 0. The zero-order chi connectivity index (χ0) is 10.7. The van der Waals surface area contributed by atoms with Gasteiger partial charge >= 0.3 is 0 Å². The van der Waals surface area contributed by atoms with E-state index in [1.807, 2.05) is 0 Å². The molecule has 0 fully saturated rings. The van der Waals surface area contributed by atoms with Crippen LogP contribution < -0.4 is 0 Å². The van der Waals surface area contributed by atoms with Crippen LogP contribution in [-0.4, -0.2) is 48.5 Å². The first-order chi connectivity index (χ1) is 5.75. The summed E-state index contributed by atoms with van der Waals surface area (Å²) in [6.45, 7) is 1.77. The van der Waals surface area contributed by atoms with E-state index in [9.17, 15) is 0 Å². The maximum atomic E-state index is 9.08. The molecule has 0 aromatic heterocycles. The highest BCUT2D eigenvalue weighted by molar-refractivity contribution is 4.83. The molecule has 0 rings (SSSR count). The monoisotopic (exact) mass is 196 g/mol. The van der Waals surface area contributed by atoms with Crippen LogP contribution in [0.15, 0.2) is 0 Å². The normalized spacial score (nSPS) is 13.8. The summed E-state index contributed by atoms with van der Waals surface area (Å²) in [5, 5.41) is 52.9. The highest BCUT2D eigenvalue weighted by Crippen LogP contribution is 2.25. The fourth-order valence-corrected chi connectivity index (χ4v) is 0.814. The molecular formula is C7H16O6. The molecule has 6 N–H and O–H groups in total. The predicted molar refractivity (Wildman–Crippen MR) is 42.1 cm³/mol. The van der Waals surface area contributed by atoms with E-state index in [0.29, 0.717) is 12.8 Å². The molecule has 0 bridgehead atoms. The van der Waals surface area contributed by atoms with Crippen LogP contribution in [-0.2, 0) is 0 Å². The molecule has 0 unspecified atom stereocenters. The zero-order valence-electron chi connectivity index (χ0n) is 7.38. The van der Waals surface area contributed by atoms with E-state index >= 15 is 0 Å². The molecule has 0 heterocycles. The van der Waals surface area contributed by atoms with Gasteiger partial charge in [-0.05, 0) is 6.42 Å². The molecule has 0 radical (unpaired) electrons. The van der Waals surface area contributed by atoms with Crippen molar-refractivity contribution in [3.63, 3.8) is 0 Å². The van der Waals surface area contributed by atoms with Crippen molar-refractivity contribution in [2.45, 2.75) is 44.1 Å². The van der Waals surface area contributed by atoms with Crippen molar-refractivity contribution in [1.29, 1.82) is 0 Å². The Bertz CT molecular complexity index is 153. The van der Waals surface area contributed by atoms with E-state index in [1.165, 1.54) is 0 Å². The van der Waals surface area contributed by atoms with Crippen LogP contribution in [0.3, 0.4) is 0 Å². The third-order valence-corrected chi connectivity index (χ3v) is 1.83. The van der Waals surface area contributed by atoms with E-state index in [2.05, 4.69) is 0 Å². The van der Waals surface area contributed by atoms with Crippen molar-refractivity contribution in [3.05, 3.63) is 0 Å². The molecule has 0 aliphatic rings. The van der Waals surface area contributed by atoms with Crippen LogP contribution in [0.5, 0.6) is 0 Å². The van der Waals surface area contributed by atoms with Gasteiger partial charge in [0.05, 0.1) is 0 Å². The Labute approximate surface area is 75.7 Å². The fraction of sp³-hybridized carbons (Fsp3) is 1.00. The second kappa shape index (κ2) is 4.32. The third kappa shape index (κ3) is 2.87. The highest BCUT2D eigenvalue weighted by Gasteiger charge is 2.51. The van der Waals surface area contributed by atoms with Gasteiger partial charge in [-0.25, -0.2) is 0 Å². The van der Waals surface area contributed by atoms with E-state index < -0.39 is 17.9 Å². The standard InChI is InChI=1S/C7H16O6/c1-2-3-4-6(10,11)7(12,13)5(8)9/h5,8-13H,2-4H2,1H3. The third-order valence-electron chi connectivity index (χ3n) is 1.83. The maximum Gasteiger partial charge on any atom is 0.270 e. The van der Waals surface area contributed by atoms with Crippen molar-refractivity contribution in [3.8, 4) is 0 Å². The number of rotatable bonds is 5. The van der Waals surface area contributed by atoms with Gasteiger partial charge < -0.3 is 30.6 Å². The summed E-state index contributed by atoms with van der Waals surface area (Å²) in [6.07, 6.45) is -2.05. The summed E-state index contributed by atoms with van der Waals surface area (Å²) in [7, 11) is 0. The second-order valence-electron chi connectivity index (χ2n) is 3.02. The fourth-order valence-electron chi connectivity index (χ4n) is 0.814. The number of unbranched alkanes of at least 4 members (excludes halogenated alkanes) is 1. The molecule has 0 atom stereocenters. The van der Waals surface area contributed by atoms with Gasteiger partial charge in [0.1, 0.15) is 0 Å². The number of aliphatic hydroxyl groups is 6. The SMILES string of the molecule is CCCCC(O)(O)C(O)(O)C(O)O. The molecule has 80 valence electrons. The minimum Gasteiger partial charge on any atom is -0.364 e. The van der Waals surface area contributed by atoms with Crippen LogP contribution in [0.25, 0.3) is 0 Å². The Hall–Kier alpha value is -0.240. The van der Waals surface area contributed by atoms with Crippen LogP contribution in [0, 0.1) is 0 Å². The van der Waals surface area contributed by atoms with Crippen molar-refractivity contribution in [2.24, 2.45) is 0 Å². The van der Waals surface area contributed by atoms with Gasteiger partial charge in [-0.15, -0.1) is 0 Å². The van der Waals surface area contributed by atoms with Crippen LogP contribution in [0.1, 0.15) is 26.2 Å². The molecule has 13 heavy (non-hydrogen) atoms. The average Bonchev–Trinajstić information content (AvgIpc) is 2.00. The van der Waals surface area contributed by atoms with Crippen LogP contribution >= 0.6 is 0 Å². The van der Waals surface area contributed by atoms with Gasteiger partial charge in [0.2, 0.25) is 12.1 Å². The number of hydrogen-bond donors (Lipinski definition) is 6. The molecular weight excluding hydrogens is 180 g/mol. The average molecular weight is 196 g/mol. The highest BCUT2D eigenvalue weighted by atomic mass is 16.6. The minimum absolute atomic E-state index is 0.322. The molecule has 0 aliphatic carbocycles. The molecule has 0 amide bonds. The first-order valence-corrected chi connectivity index (χ1v) is 4.01. The molecule has 0 aromatic rings. The molecule has 0 saturated heterocycles. The lowest BCUT2D eigenvalue weighted by Gasteiger charge is -2.35. The Kier molecular flexibility index (Phi) is 4.24. The van der Waals surface area contributed by atoms with Crippen molar-refractivity contribution in [2.75, 3.05) is 0 Å². The topological polar surface area (TPSA) is 121 Å². The molecule has 6 heteroatoms. The lowest BCUT2D eigenvalue weighted by Crippen LogP contribution is -2.61. The Morgan fingerprint density at radius 2 is 1.54 bits per heavy atom. The molecule has 0 saturated carbocycles. The first kappa shape index (κ1) is 12.8. The largest absolute Gasteiger partial charge is 0.364 e. The lowest BCUT2D eigenvalue weighted by molar-refractivity contribution is -0.414. The summed E-state index contributed by atoms with van der Waals surface area (Å²) in [5.41, 5.74) is 0. The lowest BCUT2D eigenvalue weighted by atomic mass is 9.99. The van der Waals surface area contributed by atoms with Crippen molar-refractivity contribution < 1.29 is 30.6 Å². The Balaban J connectivity index is 4.41. The Morgan fingerprint density at radius 3 is 1.85 bits per heavy atom. The van der Waals surface area contributed by atoms with E-state index in [0.717, 1.165) is 0 Å². The summed E-state index contributed by atoms with van der Waals surface area (Å²) in [4.78, 5) is 0. The molecule has 0 aliphatic heterocycles. The Morgan fingerprint density at radius 1 is 1.08 bits per heavy atom. The summed E-state index contributed by atoms with van der Waals surface area (Å²) >= 11 is 0. The van der Waals surface area contributed by atoms with Crippen molar-refractivity contribution in [1.82, 2.24) is 0 Å². The van der Waals surface area contributed by atoms with Gasteiger partial charge in [0.25, 0.3) is 5.79 Å². The zero-order valence-corrected chi connectivity index (χ0v) is 7.38. The van der Waals surface area contributed by atoms with Crippen LogP contribution in [0.4, 0.5) is 0 Å². The van der Waals surface area contributed by atoms with Gasteiger partial charge in [0.15, 0.2) is 0 Å². The predicted octanol–water partition coefficient (Wildman–Crippen LogP) is -2.15. The number of aliphatic hydroxyl groups excluding tert-OH is 1. The van der Waals surface area contributed by atoms with Gasteiger partial charge in [-0.1, -0.05) is 13.3 Å². The van der Waals surface area contributed by atoms with E-state index in [4.69, 9.17) is 30.6 Å². The second-order valence-corrected chi connectivity index (χ2v) is 3.02. The van der Waals surface area contributed by atoms with E-state index in [1.54, 1.807) is 6.92 Å². The van der Waals surface area contributed by atoms with Gasteiger partial charge in [0, 0.05) is 6.42 Å². The smallest absolute Gasteiger partial charge is 0.270 e. The number of hydrogen-bond acceptors (Lipinski definition) is 6. The minimum atomic E-state index is -3.33. The quantitative estimate of drug-likeness (QED) is 0.279. The molecule has 0 spiro atoms. The summed E-state index contributed by atoms with van der Waals surface area (Å²) in [6, 6.07) is 0. The van der Waals surface area contributed by atoms with Crippen molar-refractivity contribution >= 4 is 0 Å². The summed E-state index contributed by atoms with van der Waals surface area (Å²) in [5.74, 6) is -6.25. The van der Waals surface area contributed by atoms with Gasteiger partial charge in [-0.3, -0.25) is 0 Å². The molecule has 0 aromatic carbocycles. The first-order valence-electron chi connectivity index (χ1n) is 4.01.